The van der Waals surface area contributed by atoms with E-state index in [1.54, 1.807) is 11.8 Å². The third-order valence-electron chi connectivity index (χ3n) is 3.66. The number of sulfone groups is 1. The minimum Gasteiger partial charge on any atom is -0.342 e. The van der Waals surface area contributed by atoms with Crippen LogP contribution in [0.5, 0.6) is 0 Å². The van der Waals surface area contributed by atoms with Crippen molar-refractivity contribution in [2.75, 3.05) is 18.8 Å². The second kappa shape index (κ2) is 7.24. The van der Waals surface area contributed by atoms with Crippen LogP contribution in [0.1, 0.15) is 46.0 Å². The molecular weight excluding hydrogens is 264 g/mol. The number of nitrogens with zero attached hydrogens (tertiary/aromatic N) is 1. The highest BCUT2D eigenvalue weighted by molar-refractivity contribution is 7.92. The number of likely N-dealkylation sites (tertiary alicyclic amines) is 1. The maximum absolute atomic E-state index is 12.3. The molecule has 2 N–H and O–H groups in total. The van der Waals surface area contributed by atoms with Crippen molar-refractivity contribution in [3.63, 3.8) is 0 Å². The van der Waals surface area contributed by atoms with Crippen LogP contribution in [-0.2, 0) is 14.6 Å². The van der Waals surface area contributed by atoms with Crippen molar-refractivity contribution < 1.29 is 13.2 Å². The average molecular weight is 290 g/mol. The molecule has 19 heavy (non-hydrogen) atoms. The van der Waals surface area contributed by atoms with Crippen LogP contribution in [-0.4, -0.2) is 49.4 Å². The summed E-state index contributed by atoms with van der Waals surface area (Å²) in [6, 6.07) is -0.157. The number of hydrogen-bond acceptors (Lipinski definition) is 4. The predicted octanol–water partition coefficient (Wildman–Crippen LogP) is 0.930. The molecule has 0 spiro atoms. The Kier molecular flexibility index (Phi) is 6.26. The van der Waals surface area contributed by atoms with Crippen LogP contribution in [0, 0.1) is 0 Å². The van der Waals surface area contributed by atoms with E-state index in [1.807, 2.05) is 0 Å². The minimum absolute atomic E-state index is 0.00852. The van der Waals surface area contributed by atoms with Gasteiger partial charge >= 0.3 is 0 Å². The summed E-state index contributed by atoms with van der Waals surface area (Å²) in [4.78, 5) is 14.0. The number of hydrogen-bond donors (Lipinski definition) is 1. The highest BCUT2D eigenvalue weighted by Crippen LogP contribution is 2.14. The van der Waals surface area contributed by atoms with E-state index >= 15 is 0 Å². The molecule has 0 radical (unpaired) electrons. The molecule has 5 nitrogen and oxygen atoms in total. The van der Waals surface area contributed by atoms with Crippen molar-refractivity contribution in [3.8, 4) is 0 Å². The fourth-order valence-corrected chi connectivity index (χ4v) is 3.74. The van der Waals surface area contributed by atoms with Gasteiger partial charge in [-0.05, 0) is 33.1 Å². The fraction of sp³-hybridized carbons (Fsp3) is 0.923. The molecule has 0 bridgehead atoms. The monoisotopic (exact) mass is 290 g/mol. The Morgan fingerprint density at radius 3 is 2.16 bits per heavy atom. The standard InChI is InChI=1S/C13H26N2O3S/c1-11(14)7-10-19(17,18)12(2)13(16)15-8-5-3-4-6-9-15/h11-12H,3-10,14H2,1-2H3. The van der Waals surface area contributed by atoms with Gasteiger partial charge < -0.3 is 10.6 Å². The van der Waals surface area contributed by atoms with Gasteiger partial charge in [-0.25, -0.2) is 8.42 Å². The molecule has 1 amide bonds. The van der Waals surface area contributed by atoms with Gasteiger partial charge in [-0.3, -0.25) is 4.79 Å². The number of rotatable bonds is 5. The predicted molar refractivity (Wildman–Crippen MR) is 76.6 cm³/mol. The lowest BCUT2D eigenvalue weighted by Gasteiger charge is -2.24. The average Bonchev–Trinajstić information content (AvgIpc) is 2.63. The van der Waals surface area contributed by atoms with E-state index in [9.17, 15) is 13.2 Å². The summed E-state index contributed by atoms with van der Waals surface area (Å²) in [5, 5.41) is -0.940. The topological polar surface area (TPSA) is 80.5 Å². The second-order valence-corrected chi connectivity index (χ2v) is 7.96. The lowest BCUT2D eigenvalue weighted by Crippen LogP contribution is -2.43. The summed E-state index contributed by atoms with van der Waals surface area (Å²) in [6.07, 6.45) is 4.59. The molecular formula is C13H26N2O3S. The molecule has 6 heteroatoms. The van der Waals surface area contributed by atoms with Gasteiger partial charge in [0.2, 0.25) is 5.91 Å². The lowest BCUT2D eigenvalue weighted by atomic mass is 10.2. The summed E-state index contributed by atoms with van der Waals surface area (Å²) in [5.74, 6) is -0.252. The van der Waals surface area contributed by atoms with Gasteiger partial charge in [0.25, 0.3) is 0 Å². The first-order valence-corrected chi connectivity index (χ1v) is 8.82. The van der Waals surface area contributed by atoms with Crippen molar-refractivity contribution >= 4 is 15.7 Å². The molecule has 1 heterocycles. The first-order valence-electron chi connectivity index (χ1n) is 7.10. The Morgan fingerprint density at radius 1 is 1.16 bits per heavy atom. The zero-order valence-corrected chi connectivity index (χ0v) is 12.8. The largest absolute Gasteiger partial charge is 0.342 e. The van der Waals surface area contributed by atoms with Crippen LogP contribution < -0.4 is 5.73 Å². The smallest absolute Gasteiger partial charge is 0.240 e. The molecule has 1 aliphatic heterocycles. The Hall–Kier alpha value is -0.620. The molecule has 1 saturated heterocycles. The first kappa shape index (κ1) is 16.4. The van der Waals surface area contributed by atoms with Crippen molar-refractivity contribution in [1.82, 2.24) is 4.90 Å². The van der Waals surface area contributed by atoms with Gasteiger partial charge in [0.1, 0.15) is 5.25 Å². The summed E-state index contributed by atoms with van der Waals surface area (Å²) >= 11 is 0. The summed E-state index contributed by atoms with van der Waals surface area (Å²) < 4.78 is 24.2. The van der Waals surface area contributed by atoms with E-state index in [4.69, 9.17) is 5.73 Å². The molecule has 112 valence electrons. The lowest BCUT2D eigenvalue weighted by molar-refractivity contribution is -0.130. The maximum Gasteiger partial charge on any atom is 0.240 e. The van der Waals surface area contributed by atoms with E-state index in [2.05, 4.69) is 0 Å². The van der Waals surface area contributed by atoms with E-state index in [0.717, 1.165) is 25.7 Å². The highest BCUT2D eigenvalue weighted by Gasteiger charge is 2.31. The summed E-state index contributed by atoms with van der Waals surface area (Å²) in [7, 11) is -3.39. The number of carbonyl (C=O) groups excluding carboxylic acids is 1. The molecule has 1 rings (SSSR count). The molecule has 0 aromatic heterocycles. The summed E-state index contributed by atoms with van der Waals surface area (Å²) in [5.41, 5.74) is 5.58. The van der Waals surface area contributed by atoms with Crippen molar-refractivity contribution in [2.45, 2.75) is 57.2 Å². The van der Waals surface area contributed by atoms with Gasteiger partial charge in [0.05, 0.1) is 5.75 Å². The van der Waals surface area contributed by atoms with Crippen LogP contribution in [0.15, 0.2) is 0 Å². The van der Waals surface area contributed by atoms with Crippen LogP contribution in [0.3, 0.4) is 0 Å². The zero-order chi connectivity index (χ0) is 14.5. The number of amides is 1. The fourth-order valence-electron chi connectivity index (χ4n) is 2.23. The van der Waals surface area contributed by atoms with Gasteiger partial charge in [-0.2, -0.15) is 0 Å². The molecule has 0 saturated carbocycles. The molecule has 0 aromatic carbocycles. The van der Waals surface area contributed by atoms with Crippen LogP contribution in [0.25, 0.3) is 0 Å². The van der Waals surface area contributed by atoms with Crippen LogP contribution in [0.4, 0.5) is 0 Å². The molecule has 2 atom stereocenters. The Morgan fingerprint density at radius 2 is 1.68 bits per heavy atom. The first-order chi connectivity index (χ1) is 8.84. The molecule has 2 unspecified atom stereocenters. The Bertz CT molecular complexity index is 385. The van der Waals surface area contributed by atoms with Crippen LogP contribution in [0.2, 0.25) is 0 Å². The van der Waals surface area contributed by atoms with Crippen molar-refractivity contribution in [2.24, 2.45) is 5.73 Å². The third-order valence-corrected chi connectivity index (χ3v) is 5.75. The van der Waals surface area contributed by atoms with Gasteiger partial charge in [0, 0.05) is 19.1 Å². The molecule has 1 aliphatic rings. The minimum atomic E-state index is -3.39. The Labute approximate surface area is 116 Å². The van der Waals surface area contributed by atoms with E-state index in [-0.39, 0.29) is 17.7 Å². The van der Waals surface area contributed by atoms with Crippen molar-refractivity contribution in [3.05, 3.63) is 0 Å². The Balaban J connectivity index is 2.63. The third kappa shape index (κ3) is 5.10. The molecule has 0 aromatic rings. The second-order valence-electron chi connectivity index (χ2n) is 5.51. The van der Waals surface area contributed by atoms with Gasteiger partial charge in [-0.15, -0.1) is 0 Å². The quantitative estimate of drug-likeness (QED) is 0.817. The van der Waals surface area contributed by atoms with Crippen LogP contribution >= 0.6 is 0 Å². The SMILES string of the molecule is CC(N)CCS(=O)(=O)C(C)C(=O)N1CCCCCC1. The number of carbonyl (C=O) groups is 1. The molecule has 0 aliphatic carbocycles. The molecule has 1 fully saturated rings. The van der Waals surface area contributed by atoms with E-state index in [1.165, 1.54) is 6.92 Å². The maximum atomic E-state index is 12.3. The van der Waals surface area contributed by atoms with E-state index in [0.29, 0.717) is 19.5 Å². The normalized spacial score (nSPS) is 20.7. The highest BCUT2D eigenvalue weighted by atomic mass is 32.2. The van der Waals surface area contributed by atoms with Gasteiger partial charge in [0.15, 0.2) is 9.84 Å². The zero-order valence-electron chi connectivity index (χ0n) is 12.0. The van der Waals surface area contributed by atoms with Gasteiger partial charge in [-0.1, -0.05) is 12.8 Å². The number of nitrogens with two attached hydrogens (primary N) is 1. The summed E-state index contributed by atoms with van der Waals surface area (Å²) in [6.45, 7) is 4.65. The van der Waals surface area contributed by atoms with E-state index < -0.39 is 15.1 Å². The van der Waals surface area contributed by atoms with Crippen molar-refractivity contribution in [1.29, 1.82) is 0 Å².